The summed E-state index contributed by atoms with van der Waals surface area (Å²) in [5, 5.41) is 10.4. The lowest BCUT2D eigenvalue weighted by molar-refractivity contribution is 0.101. The SMILES string of the molecule is CN1Sc2ccccc2C(=O)/C1=C(\O)c1ccccc1. The van der Waals surface area contributed by atoms with Crippen molar-refractivity contribution in [3.63, 3.8) is 0 Å². The molecule has 100 valence electrons. The van der Waals surface area contributed by atoms with E-state index in [9.17, 15) is 9.90 Å². The zero-order chi connectivity index (χ0) is 14.1. The van der Waals surface area contributed by atoms with E-state index in [1.54, 1.807) is 29.6 Å². The predicted octanol–water partition coefficient (Wildman–Crippen LogP) is 3.75. The van der Waals surface area contributed by atoms with Crippen LogP contribution in [0.5, 0.6) is 0 Å². The molecule has 1 heterocycles. The molecule has 1 aliphatic rings. The van der Waals surface area contributed by atoms with Crippen molar-refractivity contribution in [3.05, 3.63) is 71.4 Å². The summed E-state index contributed by atoms with van der Waals surface area (Å²) in [6.45, 7) is 0. The second-order valence-corrected chi connectivity index (χ2v) is 5.65. The Morgan fingerprint density at radius 1 is 1.05 bits per heavy atom. The van der Waals surface area contributed by atoms with Crippen molar-refractivity contribution in [2.75, 3.05) is 7.05 Å². The van der Waals surface area contributed by atoms with E-state index in [0.29, 0.717) is 16.8 Å². The zero-order valence-corrected chi connectivity index (χ0v) is 11.7. The van der Waals surface area contributed by atoms with Crippen LogP contribution in [0.25, 0.3) is 5.76 Å². The Balaban J connectivity index is 2.14. The maximum Gasteiger partial charge on any atom is 0.214 e. The van der Waals surface area contributed by atoms with Crippen molar-refractivity contribution in [3.8, 4) is 0 Å². The van der Waals surface area contributed by atoms with Crippen LogP contribution in [0.1, 0.15) is 15.9 Å². The Kier molecular flexibility index (Phi) is 3.24. The Hall–Kier alpha value is -2.20. The van der Waals surface area contributed by atoms with Gasteiger partial charge in [0.05, 0.1) is 0 Å². The Morgan fingerprint density at radius 2 is 1.70 bits per heavy atom. The predicted molar refractivity (Wildman–Crippen MR) is 80.4 cm³/mol. The summed E-state index contributed by atoms with van der Waals surface area (Å²) in [5.41, 5.74) is 1.59. The first-order chi connectivity index (χ1) is 9.68. The zero-order valence-electron chi connectivity index (χ0n) is 10.9. The number of carbonyl (C=O) groups excluding carboxylic acids is 1. The quantitative estimate of drug-likeness (QED) is 0.491. The molecule has 0 saturated carbocycles. The summed E-state index contributed by atoms with van der Waals surface area (Å²) >= 11 is 1.44. The molecule has 20 heavy (non-hydrogen) atoms. The van der Waals surface area contributed by atoms with Crippen LogP contribution in [0.15, 0.2) is 65.2 Å². The number of hydrogen-bond donors (Lipinski definition) is 1. The average molecular weight is 283 g/mol. The van der Waals surface area contributed by atoms with Crippen molar-refractivity contribution in [2.24, 2.45) is 0 Å². The molecule has 3 rings (SSSR count). The number of Topliss-reactive ketones (excluding diaryl/α,β-unsaturated/α-hetero) is 1. The van der Waals surface area contributed by atoms with Crippen LogP contribution in [-0.4, -0.2) is 22.2 Å². The van der Waals surface area contributed by atoms with Crippen LogP contribution in [0.4, 0.5) is 0 Å². The molecule has 0 aliphatic carbocycles. The van der Waals surface area contributed by atoms with Gasteiger partial charge in [-0.05, 0) is 24.1 Å². The molecule has 2 aromatic carbocycles. The molecule has 0 fully saturated rings. The van der Waals surface area contributed by atoms with Gasteiger partial charge >= 0.3 is 0 Å². The molecule has 0 aromatic heterocycles. The van der Waals surface area contributed by atoms with Gasteiger partial charge in [-0.3, -0.25) is 4.79 Å². The maximum absolute atomic E-state index is 12.6. The normalized spacial score (nSPS) is 16.9. The molecule has 1 N–H and O–H groups in total. The van der Waals surface area contributed by atoms with E-state index in [2.05, 4.69) is 0 Å². The highest BCUT2D eigenvalue weighted by Crippen LogP contribution is 2.37. The smallest absolute Gasteiger partial charge is 0.214 e. The topological polar surface area (TPSA) is 40.5 Å². The van der Waals surface area contributed by atoms with Gasteiger partial charge in [0.2, 0.25) is 5.78 Å². The third-order valence-electron chi connectivity index (χ3n) is 3.17. The molecule has 4 heteroatoms. The Labute approximate surface area is 121 Å². The van der Waals surface area contributed by atoms with E-state index >= 15 is 0 Å². The number of fused-ring (bicyclic) bond motifs is 1. The lowest BCUT2D eigenvalue weighted by Gasteiger charge is -2.27. The van der Waals surface area contributed by atoms with Crippen LogP contribution >= 0.6 is 11.9 Å². The molecule has 0 atom stereocenters. The number of rotatable bonds is 1. The van der Waals surface area contributed by atoms with E-state index < -0.39 is 0 Å². The number of hydrogen-bond acceptors (Lipinski definition) is 4. The third kappa shape index (κ3) is 2.08. The summed E-state index contributed by atoms with van der Waals surface area (Å²) in [6, 6.07) is 16.5. The van der Waals surface area contributed by atoms with E-state index in [4.69, 9.17) is 0 Å². The number of benzene rings is 2. The molecule has 0 bridgehead atoms. The van der Waals surface area contributed by atoms with Gasteiger partial charge in [0.25, 0.3) is 0 Å². The van der Waals surface area contributed by atoms with E-state index in [1.807, 2.05) is 36.4 Å². The highest BCUT2D eigenvalue weighted by atomic mass is 32.2. The van der Waals surface area contributed by atoms with Crippen molar-refractivity contribution in [2.45, 2.75) is 4.90 Å². The number of allylic oxidation sites excluding steroid dienone is 1. The molecule has 0 saturated heterocycles. The minimum Gasteiger partial charge on any atom is -0.505 e. The standard InChI is InChI=1S/C16H13NO2S/c1-17-14(15(18)11-7-3-2-4-8-11)16(19)12-9-5-6-10-13(12)20-17/h2-10,18H,1H3/b15-14+. The van der Waals surface area contributed by atoms with Gasteiger partial charge in [-0.2, -0.15) is 0 Å². The molecule has 2 aromatic rings. The first-order valence-electron chi connectivity index (χ1n) is 6.22. The number of aliphatic hydroxyl groups is 1. The molecular formula is C16H13NO2S. The molecule has 1 aliphatic heterocycles. The highest BCUT2D eigenvalue weighted by Gasteiger charge is 2.29. The first kappa shape index (κ1) is 12.8. The monoisotopic (exact) mass is 283 g/mol. The minimum atomic E-state index is -0.150. The average Bonchev–Trinajstić information content (AvgIpc) is 2.48. The summed E-state index contributed by atoms with van der Waals surface area (Å²) in [5.74, 6) is -0.136. The fourth-order valence-electron chi connectivity index (χ4n) is 2.19. The number of ketones is 1. The van der Waals surface area contributed by atoms with Crippen LogP contribution in [0.3, 0.4) is 0 Å². The number of likely N-dealkylation sites (N-methyl/N-ethyl adjacent to an activating group) is 1. The second-order valence-electron chi connectivity index (χ2n) is 4.48. The van der Waals surface area contributed by atoms with Gasteiger partial charge in [0.1, 0.15) is 5.70 Å². The number of aliphatic hydroxyl groups excluding tert-OH is 1. The fraction of sp³-hybridized carbons (Fsp3) is 0.0625. The van der Waals surface area contributed by atoms with Crippen molar-refractivity contribution in [1.82, 2.24) is 4.31 Å². The second kappa shape index (κ2) is 5.06. The van der Waals surface area contributed by atoms with Crippen LogP contribution < -0.4 is 0 Å². The molecule has 0 unspecified atom stereocenters. The van der Waals surface area contributed by atoms with Gasteiger partial charge in [-0.25, -0.2) is 0 Å². The van der Waals surface area contributed by atoms with E-state index in [-0.39, 0.29) is 11.5 Å². The largest absolute Gasteiger partial charge is 0.505 e. The first-order valence-corrected chi connectivity index (χ1v) is 7.00. The molecule has 3 nitrogen and oxygen atoms in total. The number of carbonyl (C=O) groups is 1. The van der Waals surface area contributed by atoms with Crippen molar-refractivity contribution < 1.29 is 9.90 Å². The van der Waals surface area contributed by atoms with Gasteiger partial charge in [0.15, 0.2) is 5.76 Å². The molecule has 0 amide bonds. The summed E-state index contributed by atoms with van der Waals surface area (Å²) in [6.07, 6.45) is 0. The van der Waals surface area contributed by atoms with Crippen molar-refractivity contribution >= 4 is 23.5 Å². The van der Waals surface area contributed by atoms with Crippen LogP contribution in [0, 0.1) is 0 Å². The van der Waals surface area contributed by atoms with Gasteiger partial charge in [0, 0.05) is 23.1 Å². The Morgan fingerprint density at radius 3 is 2.45 bits per heavy atom. The minimum absolute atomic E-state index is 0.0140. The molecule has 0 spiro atoms. The van der Waals surface area contributed by atoms with Crippen molar-refractivity contribution in [1.29, 1.82) is 0 Å². The molecular weight excluding hydrogens is 270 g/mol. The highest BCUT2D eigenvalue weighted by molar-refractivity contribution is 7.97. The van der Waals surface area contributed by atoms with Gasteiger partial charge in [-0.15, -0.1) is 0 Å². The summed E-state index contributed by atoms with van der Waals surface area (Å²) < 4.78 is 1.72. The van der Waals surface area contributed by atoms with Gasteiger partial charge < -0.3 is 9.41 Å². The van der Waals surface area contributed by atoms with Gasteiger partial charge in [-0.1, -0.05) is 42.5 Å². The fourth-order valence-corrected chi connectivity index (χ4v) is 3.14. The summed E-state index contributed by atoms with van der Waals surface area (Å²) in [7, 11) is 1.78. The Bertz CT molecular complexity index is 695. The maximum atomic E-state index is 12.6. The lowest BCUT2D eigenvalue weighted by Crippen LogP contribution is -2.24. The van der Waals surface area contributed by atoms with Crippen LogP contribution in [0.2, 0.25) is 0 Å². The number of nitrogens with zero attached hydrogens (tertiary/aromatic N) is 1. The third-order valence-corrected chi connectivity index (χ3v) is 4.18. The van der Waals surface area contributed by atoms with E-state index in [0.717, 1.165) is 4.90 Å². The lowest BCUT2D eigenvalue weighted by atomic mass is 10.0. The summed E-state index contributed by atoms with van der Waals surface area (Å²) in [4.78, 5) is 13.5. The van der Waals surface area contributed by atoms with Crippen LogP contribution in [-0.2, 0) is 0 Å². The molecule has 0 radical (unpaired) electrons. The van der Waals surface area contributed by atoms with E-state index in [1.165, 1.54) is 11.9 Å².